The van der Waals surface area contributed by atoms with Crippen LogP contribution in [0, 0.1) is 13.0 Å². The zero-order valence-electron chi connectivity index (χ0n) is 17.0. The number of aliphatic hydroxyl groups excluding tert-OH is 1. The van der Waals surface area contributed by atoms with Crippen LogP contribution in [-0.4, -0.2) is 15.9 Å². The van der Waals surface area contributed by atoms with Crippen LogP contribution in [0.4, 0.5) is 0 Å². The third-order valence-corrected chi connectivity index (χ3v) is 4.26. The molecule has 0 amide bonds. The van der Waals surface area contributed by atoms with Gasteiger partial charge in [0.1, 0.15) is 5.76 Å². The number of nitrogens with zero attached hydrogens (tertiary/aromatic N) is 1. The maximum absolute atomic E-state index is 10.0. The van der Waals surface area contributed by atoms with Gasteiger partial charge in [-0.05, 0) is 26.5 Å². The third kappa shape index (κ3) is 5.75. The van der Waals surface area contributed by atoms with E-state index in [-0.39, 0.29) is 31.6 Å². The molecule has 0 aliphatic carbocycles. The Balaban J connectivity index is 0.000000350. The number of benzene rings is 2. The Labute approximate surface area is 189 Å². The van der Waals surface area contributed by atoms with Crippen molar-refractivity contribution in [1.29, 1.82) is 0 Å². The summed E-state index contributed by atoms with van der Waals surface area (Å²) in [4.78, 5) is 14.5. The smallest absolute Gasteiger partial charge is 0.155 e. The molecule has 0 bridgehead atoms. The van der Waals surface area contributed by atoms with Crippen molar-refractivity contribution >= 4 is 16.8 Å². The van der Waals surface area contributed by atoms with Crippen molar-refractivity contribution in [3.63, 3.8) is 0 Å². The fraction of sp³-hybridized carbons (Fsp3) is 0.120. The van der Waals surface area contributed by atoms with E-state index >= 15 is 0 Å². The normalized spacial score (nSPS) is 10.7. The van der Waals surface area contributed by atoms with Crippen LogP contribution in [-0.2, 0) is 24.9 Å². The molecule has 0 saturated carbocycles. The molecule has 5 heteroatoms. The first-order chi connectivity index (χ1) is 14.0. The zero-order chi connectivity index (χ0) is 20.8. The number of aromatic nitrogens is 1. The Hall–Kier alpha value is -3.01. The maximum Gasteiger partial charge on any atom is 0.155 e. The van der Waals surface area contributed by atoms with Crippen LogP contribution in [0.1, 0.15) is 19.4 Å². The molecular formula is C25H22IrNO3-. The molecule has 1 radical (unpaired) electrons. The number of hydrogen-bond acceptors (Lipinski definition) is 4. The number of allylic oxidation sites excluding steroid dienone is 2. The number of hydrogen-bond donors (Lipinski definition) is 1. The number of rotatable bonds is 3. The van der Waals surface area contributed by atoms with Crippen LogP contribution < -0.4 is 0 Å². The fourth-order valence-electron chi connectivity index (χ4n) is 2.99. The summed E-state index contributed by atoms with van der Waals surface area (Å²) in [6.45, 7) is 4.94. The van der Waals surface area contributed by atoms with Gasteiger partial charge in [0, 0.05) is 42.7 Å². The molecule has 2 aromatic heterocycles. The van der Waals surface area contributed by atoms with Crippen molar-refractivity contribution in [3.8, 4) is 22.6 Å². The minimum Gasteiger partial charge on any atom is -0.512 e. The van der Waals surface area contributed by atoms with E-state index in [0.717, 1.165) is 39.1 Å². The Morgan fingerprint density at radius 3 is 2.37 bits per heavy atom. The van der Waals surface area contributed by atoms with Crippen molar-refractivity contribution in [2.45, 2.75) is 20.8 Å². The summed E-state index contributed by atoms with van der Waals surface area (Å²) in [5.74, 6) is 0.846. The van der Waals surface area contributed by atoms with E-state index in [0.29, 0.717) is 0 Å². The molecule has 0 fully saturated rings. The van der Waals surface area contributed by atoms with Crippen LogP contribution in [0.15, 0.2) is 83.1 Å². The summed E-state index contributed by atoms with van der Waals surface area (Å²) in [6, 6.07) is 23.3. The van der Waals surface area contributed by atoms with E-state index in [1.807, 2.05) is 42.5 Å². The van der Waals surface area contributed by atoms with Crippen molar-refractivity contribution in [3.05, 3.63) is 90.3 Å². The van der Waals surface area contributed by atoms with Crippen molar-refractivity contribution in [2.24, 2.45) is 0 Å². The van der Waals surface area contributed by atoms with Gasteiger partial charge in [-0.3, -0.25) is 4.79 Å². The fourth-order valence-corrected chi connectivity index (χ4v) is 2.99. The van der Waals surface area contributed by atoms with Crippen LogP contribution in [0.3, 0.4) is 0 Å². The molecule has 155 valence electrons. The molecular weight excluding hydrogens is 554 g/mol. The molecule has 2 aromatic carbocycles. The van der Waals surface area contributed by atoms with Gasteiger partial charge in [-0.15, -0.1) is 35.9 Å². The van der Waals surface area contributed by atoms with E-state index in [1.165, 1.54) is 19.9 Å². The maximum atomic E-state index is 10.0. The standard InChI is InChI=1S/C20H14NO.C5H8O2.Ir/c1-14-17-12-18(15-8-4-2-5-9-15)21-13-19(17)22-20(14)16-10-6-3-7-11-16;1-4(6)3-5(2)7;/h2-8,10-13H,1H3;3,6H,1-2H3;/q-1;;/b;4-3-;. The Morgan fingerprint density at radius 2 is 1.80 bits per heavy atom. The predicted molar refractivity (Wildman–Crippen MR) is 116 cm³/mol. The van der Waals surface area contributed by atoms with E-state index in [9.17, 15) is 4.79 Å². The Kier molecular flexibility index (Phi) is 8.28. The second-order valence-electron chi connectivity index (χ2n) is 6.66. The molecule has 4 nitrogen and oxygen atoms in total. The van der Waals surface area contributed by atoms with Gasteiger partial charge < -0.3 is 14.5 Å². The number of carbonyl (C=O) groups is 1. The van der Waals surface area contributed by atoms with E-state index in [1.54, 1.807) is 6.20 Å². The van der Waals surface area contributed by atoms with Gasteiger partial charge in [0.25, 0.3) is 0 Å². The molecule has 0 unspecified atom stereocenters. The zero-order valence-corrected chi connectivity index (χ0v) is 19.4. The molecule has 0 spiro atoms. The van der Waals surface area contributed by atoms with Crippen molar-refractivity contribution in [2.75, 3.05) is 0 Å². The molecule has 30 heavy (non-hydrogen) atoms. The number of ketones is 1. The van der Waals surface area contributed by atoms with Gasteiger partial charge in [0.2, 0.25) is 0 Å². The number of pyridine rings is 1. The first-order valence-corrected chi connectivity index (χ1v) is 9.25. The van der Waals surface area contributed by atoms with Gasteiger partial charge in [-0.1, -0.05) is 36.4 Å². The molecule has 0 aliphatic rings. The largest absolute Gasteiger partial charge is 0.512 e. The topological polar surface area (TPSA) is 63.3 Å². The number of aryl methyl sites for hydroxylation is 1. The number of fused-ring (bicyclic) bond motifs is 1. The second kappa shape index (κ2) is 10.7. The molecule has 4 rings (SSSR count). The summed E-state index contributed by atoms with van der Waals surface area (Å²) in [5.41, 5.74) is 4.95. The number of furan rings is 1. The van der Waals surface area contributed by atoms with Crippen LogP contribution in [0.2, 0.25) is 0 Å². The number of carbonyl (C=O) groups excluding carboxylic acids is 1. The monoisotopic (exact) mass is 577 g/mol. The first kappa shape index (κ1) is 23.3. The predicted octanol–water partition coefficient (Wildman–Crippen LogP) is 6.31. The molecule has 1 N–H and O–H groups in total. The average Bonchev–Trinajstić information content (AvgIpc) is 3.05. The van der Waals surface area contributed by atoms with Crippen LogP contribution in [0.25, 0.3) is 33.6 Å². The molecule has 0 saturated heterocycles. The summed E-state index contributed by atoms with van der Waals surface area (Å²) in [5, 5.41) is 9.46. The van der Waals surface area contributed by atoms with Gasteiger partial charge in [-0.2, -0.15) is 0 Å². The summed E-state index contributed by atoms with van der Waals surface area (Å²) < 4.78 is 6.00. The summed E-state index contributed by atoms with van der Waals surface area (Å²) in [6.07, 6.45) is 2.96. The average molecular weight is 577 g/mol. The Bertz CT molecular complexity index is 1150. The van der Waals surface area contributed by atoms with Crippen LogP contribution >= 0.6 is 0 Å². The summed E-state index contributed by atoms with van der Waals surface area (Å²) >= 11 is 0. The van der Waals surface area contributed by atoms with Crippen molar-refractivity contribution < 1.29 is 34.4 Å². The third-order valence-electron chi connectivity index (χ3n) is 4.26. The SMILES string of the molecule is CC(=O)/C=C(/C)O.Cc1c(-c2ccccc2)oc2cnc(-c3[c-]cccc3)cc12.[Ir]. The quantitative estimate of drug-likeness (QED) is 0.177. The molecule has 0 aliphatic heterocycles. The van der Waals surface area contributed by atoms with Gasteiger partial charge in [0.15, 0.2) is 11.4 Å². The van der Waals surface area contributed by atoms with Gasteiger partial charge in [-0.25, -0.2) is 0 Å². The first-order valence-electron chi connectivity index (χ1n) is 9.25. The Morgan fingerprint density at radius 1 is 1.10 bits per heavy atom. The minimum atomic E-state index is -0.125. The summed E-state index contributed by atoms with van der Waals surface area (Å²) in [7, 11) is 0. The van der Waals surface area contributed by atoms with Crippen molar-refractivity contribution in [1.82, 2.24) is 4.98 Å². The molecule has 0 atom stereocenters. The molecule has 2 heterocycles. The molecule has 4 aromatic rings. The van der Waals surface area contributed by atoms with E-state index in [2.05, 4.69) is 36.2 Å². The van der Waals surface area contributed by atoms with Gasteiger partial charge >= 0.3 is 0 Å². The van der Waals surface area contributed by atoms with E-state index < -0.39 is 0 Å². The number of aliphatic hydroxyl groups is 1. The van der Waals surface area contributed by atoms with Crippen LogP contribution in [0.5, 0.6) is 0 Å². The minimum absolute atomic E-state index is 0. The second-order valence-corrected chi connectivity index (χ2v) is 6.66. The van der Waals surface area contributed by atoms with Gasteiger partial charge in [0.05, 0.1) is 12.0 Å². The van der Waals surface area contributed by atoms with E-state index in [4.69, 9.17) is 9.52 Å².